The summed E-state index contributed by atoms with van der Waals surface area (Å²) in [5.74, 6) is 0.0226. The highest BCUT2D eigenvalue weighted by molar-refractivity contribution is 6.03. The van der Waals surface area contributed by atoms with E-state index >= 15 is 0 Å². The minimum atomic E-state index is -4.54. The molecule has 0 spiro atoms. The van der Waals surface area contributed by atoms with Gasteiger partial charge >= 0.3 is 6.18 Å². The second-order valence-corrected chi connectivity index (χ2v) is 5.74. The van der Waals surface area contributed by atoms with Crippen LogP contribution in [0.2, 0.25) is 0 Å². The van der Waals surface area contributed by atoms with Crippen molar-refractivity contribution >= 4 is 17.4 Å². The molecule has 3 rings (SSSR count). The van der Waals surface area contributed by atoms with Crippen LogP contribution in [0.4, 0.5) is 24.7 Å². The van der Waals surface area contributed by atoms with Gasteiger partial charge in [0.15, 0.2) is 11.5 Å². The second-order valence-electron chi connectivity index (χ2n) is 5.74. The summed E-state index contributed by atoms with van der Waals surface area (Å²) in [6.45, 7) is 2.50. The van der Waals surface area contributed by atoms with Gasteiger partial charge in [0.2, 0.25) is 0 Å². The zero-order valence-corrected chi connectivity index (χ0v) is 14.4. The summed E-state index contributed by atoms with van der Waals surface area (Å²) in [6, 6.07) is 5.94. The van der Waals surface area contributed by atoms with Crippen molar-refractivity contribution in [2.45, 2.75) is 6.18 Å². The largest absolute Gasteiger partial charge is 0.495 e. The highest BCUT2D eigenvalue weighted by Gasteiger charge is 2.31. The van der Waals surface area contributed by atoms with Gasteiger partial charge in [-0.3, -0.25) is 4.79 Å². The summed E-state index contributed by atoms with van der Waals surface area (Å²) < 4.78 is 49.0. The first kappa shape index (κ1) is 18.9. The molecule has 0 radical (unpaired) electrons. The van der Waals surface area contributed by atoms with Crippen molar-refractivity contribution in [1.82, 2.24) is 10.2 Å². The van der Waals surface area contributed by atoms with Gasteiger partial charge in [-0.25, -0.2) is 0 Å². The highest BCUT2D eigenvalue weighted by Crippen LogP contribution is 2.35. The lowest BCUT2D eigenvalue weighted by molar-refractivity contribution is -0.137. The van der Waals surface area contributed by atoms with Crippen LogP contribution in [0.5, 0.6) is 5.75 Å². The number of methoxy groups -OCH3 is 1. The van der Waals surface area contributed by atoms with E-state index in [1.165, 1.54) is 13.2 Å². The van der Waals surface area contributed by atoms with Crippen molar-refractivity contribution in [3.63, 3.8) is 0 Å². The molecule has 1 amide bonds. The van der Waals surface area contributed by atoms with Crippen molar-refractivity contribution in [2.75, 3.05) is 43.6 Å². The molecule has 10 heteroatoms. The van der Waals surface area contributed by atoms with Gasteiger partial charge in [0, 0.05) is 13.1 Å². The van der Waals surface area contributed by atoms with Gasteiger partial charge in [-0.2, -0.15) is 13.2 Å². The number of nitrogens with one attached hydrogen (secondary N) is 1. The van der Waals surface area contributed by atoms with E-state index in [1.807, 2.05) is 4.90 Å². The quantitative estimate of drug-likeness (QED) is 0.876. The van der Waals surface area contributed by atoms with Gasteiger partial charge in [0.25, 0.3) is 5.91 Å². The SMILES string of the molecule is COc1ccc(C(F)(F)F)cc1NC(=O)c1ccc(N2CCOCC2)nn1. The van der Waals surface area contributed by atoms with Crippen LogP contribution in [0.25, 0.3) is 0 Å². The fourth-order valence-electron chi connectivity index (χ4n) is 2.58. The summed E-state index contributed by atoms with van der Waals surface area (Å²) in [7, 11) is 1.30. The van der Waals surface area contributed by atoms with Crippen LogP contribution in [0.3, 0.4) is 0 Å². The van der Waals surface area contributed by atoms with Crippen LogP contribution in [0, 0.1) is 0 Å². The van der Waals surface area contributed by atoms with Crippen molar-refractivity contribution in [1.29, 1.82) is 0 Å². The fourth-order valence-corrected chi connectivity index (χ4v) is 2.58. The van der Waals surface area contributed by atoms with Crippen molar-refractivity contribution in [3.8, 4) is 5.75 Å². The lowest BCUT2D eigenvalue weighted by Crippen LogP contribution is -2.37. The summed E-state index contributed by atoms with van der Waals surface area (Å²) >= 11 is 0. The normalized spacial score (nSPS) is 14.7. The van der Waals surface area contributed by atoms with Crippen LogP contribution >= 0.6 is 0 Å². The minimum absolute atomic E-state index is 0.0218. The Hall–Kier alpha value is -2.88. The van der Waals surface area contributed by atoms with E-state index in [2.05, 4.69) is 15.5 Å². The molecule has 0 aliphatic carbocycles. The number of alkyl halides is 3. The number of morpholine rings is 1. The summed E-state index contributed by atoms with van der Waals surface area (Å²) in [5.41, 5.74) is -1.02. The summed E-state index contributed by atoms with van der Waals surface area (Å²) in [4.78, 5) is 14.3. The number of benzene rings is 1. The molecule has 0 atom stereocenters. The Kier molecular flexibility index (Phi) is 5.45. The summed E-state index contributed by atoms with van der Waals surface area (Å²) in [6.07, 6.45) is -4.54. The second kappa shape index (κ2) is 7.78. The number of hydrogen-bond donors (Lipinski definition) is 1. The number of anilines is 2. The van der Waals surface area contributed by atoms with Crippen molar-refractivity contribution in [3.05, 3.63) is 41.6 Å². The predicted molar refractivity (Wildman–Crippen MR) is 91.0 cm³/mol. The molecule has 1 N–H and O–H groups in total. The molecule has 2 aromatic rings. The number of rotatable bonds is 4. The average molecular weight is 382 g/mol. The fraction of sp³-hybridized carbons (Fsp3) is 0.353. The predicted octanol–water partition coefficient (Wildman–Crippen LogP) is 2.59. The van der Waals surface area contributed by atoms with Crippen molar-refractivity contribution in [2.24, 2.45) is 0 Å². The lowest BCUT2D eigenvalue weighted by atomic mass is 10.1. The maximum absolute atomic E-state index is 12.9. The highest BCUT2D eigenvalue weighted by atomic mass is 19.4. The number of carbonyl (C=O) groups excluding carboxylic acids is 1. The van der Waals surface area contributed by atoms with E-state index in [9.17, 15) is 18.0 Å². The molecule has 27 heavy (non-hydrogen) atoms. The average Bonchev–Trinajstić information content (AvgIpc) is 2.68. The van der Waals surface area contributed by atoms with E-state index < -0.39 is 17.6 Å². The zero-order chi connectivity index (χ0) is 19.4. The minimum Gasteiger partial charge on any atom is -0.495 e. The van der Waals surface area contributed by atoms with Crippen LogP contribution in [0.1, 0.15) is 16.1 Å². The van der Waals surface area contributed by atoms with Crippen LogP contribution in [-0.4, -0.2) is 49.5 Å². The number of carbonyl (C=O) groups is 1. The first-order valence-corrected chi connectivity index (χ1v) is 8.11. The molecule has 1 aromatic carbocycles. The molecule has 0 bridgehead atoms. The molecule has 2 heterocycles. The van der Waals surface area contributed by atoms with E-state index in [1.54, 1.807) is 6.07 Å². The number of hydrogen-bond acceptors (Lipinski definition) is 6. The standard InChI is InChI=1S/C17H17F3N4O3/c1-26-14-4-2-11(17(18,19)20)10-13(14)21-16(25)12-3-5-15(23-22-12)24-6-8-27-9-7-24/h2-5,10H,6-9H2,1H3,(H,21,25). The zero-order valence-electron chi connectivity index (χ0n) is 14.4. The third-order valence-electron chi connectivity index (χ3n) is 3.99. The Balaban J connectivity index is 1.76. The maximum atomic E-state index is 12.9. The van der Waals surface area contributed by atoms with Gasteiger partial charge in [-0.05, 0) is 30.3 Å². The number of amides is 1. The van der Waals surface area contributed by atoms with Crippen LogP contribution < -0.4 is 15.0 Å². The molecule has 1 aliphatic heterocycles. The Morgan fingerprint density at radius 2 is 1.93 bits per heavy atom. The van der Waals surface area contributed by atoms with Gasteiger partial charge < -0.3 is 19.7 Å². The van der Waals surface area contributed by atoms with Gasteiger partial charge in [0.05, 0.1) is 31.6 Å². The lowest BCUT2D eigenvalue weighted by Gasteiger charge is -2.27. The van der Waals surface area contributed by atoms with Gasteiger partial charge in [-0.15, -0.1) is 10.2 Å². The molecule has 1 saturated heterocycles. The molecule has 0 saturated carbocycles. The Morgan fingerprint density at radius 3 is 2.52 bits per heavy atom. The number of halogens is 3. The van der Waals surface area contributed by atoms with Crippen LogP contribution in [-0.2, 0) is 10.9 Å². The third kappa shape index (κ3) is 4.45. The van der Waals surface area contributed by atoms with E-state index in [0.717, 1.165) is 18.2 Å². The Bertz CT molecular complexity index is 806. The smallest absolute Gasteiger partial charge is 0.416 e. The van der Waals surface area contributed by atoms with E-state index in [-0.39, 0.29) is 17.1 Å². The third-order valence-corrected chi connectivity index (χ3v) is 3.99. The molecule has 1 aliphatic rings. The first-order valence-electron chi connectivity index (χ1n) is 8.11. The number of aromatic nitrogens is 2. The maximum Gasteiger partial charge on any atom is 0.416 e. The monoisotopic (exact) mass is 382 g/mol. The molecule has 144 valence electrons. The van der Waals surface area contributed by atoms with Crippen molar-refractivity contribution < 1.29 is 27.4 Å². The molecule has 7 nitrogen and oxygen atoms in total. The first-order chi connectivity index (χ1) is 12.9. The topological polar surface area (TPSA) is 76.6 Å². The number of ether oxygens (including phenoxy) is 2. The molecule has 0 unspecified atom stereocenters. The van der Waals surface area contributed by atoms with Crippen LogP contribution in [0.15, 0.2) is 30.3 Å². The Morgan fingerprint density at radius 1 is 1.19 bits per heavy atom. The van der Waals surface area contributed by atoms with Gasteiger partial charge in [-0.1, -0.05) is 0 Å². The van der Waals surface area contributed by atoms with E-state index in [0.29, 0.717) is 32.1 Å². The van der Waals surface area contributed by atoms with Gasteiger partial charge in [0.1, 0.15) is 5.75 Å². The number of nitrogens with zero attached hydrogens (tertiary/aromatic N) is 3. The summed E-state index contributed by atoms with van der Waals surface area (Å²) in [5, 5.41) is 10.3. The molecule has 1 aromatic heterocycles. The molecular weight excluding hydrogens is 365 g/mol. The molecule has 1 fully saturated rings. The molecular formula is C17H17F3N4O3. The van der Waals surface area contributed by atoms with E-state index in [4.69, 9.17) is 9.47 Å². The Labute approximate surface area is 153 Å².